The molecule has 1 fully saturated rings. The molecule has 2 aromatic heterocycles. The maximum absolute atomic E-state index is 13.3. The van der Waals surface area contributed by atoms with Crippen LogP contribution < -0.4 is 10.9 Å². The summed E-state index contributed by atoms with van der Waals surface area (Å²) in [7, 11) is 1.82. The number of amides is 1. The Hall–Kier alpha value is -3.26. The highest BCUT2D eigenvalue weighted by molar-refractivity contribution is 8.00. The zero-order valence-corrected chi connectivity index (χ0v) is 21.2. The van der Waals surface area contributed by atoms with Gasteiger partial charge in [0, 0.05) is 13.1 Å². The quantitative estimate of drug-likeness (QED) is 0.365. The molecular formula is C27H31N5O2S. The fraction of sp³-hybridized carbons (Fsp3) is 0.370. The highest BCUT2D eigenvalue weighted by Gasteiger charge is 2.26. The van der Waals surface area contributed by atoms with Gasteiger partial charge in [-0.05, 0) is 51.0 Å². The van der Waals surface area contributed by atoms with E-state index in [0.29, 0.717) is 17.4 Å². The molecule has 1 atom stereocenters. The smallest absolute Gasteiger partial charge is 0.295 e. The first kappa shape index (κ1) is 23.5. The minimum absolute atomic E-state index is 0.205. The van der Waals surface area contributed by atoms with Crippen molar-refractivity contribution >= 4 is 34.4 Å². The van der Waals surface area contributed by atoms with E-state index in [1.165, 1.54) is 31.0 Å². The zero-order chi connectivity index (χ0) is 24.5. The van der Waals surface area contributed by atoms with Crippen molar-refractivity contribution in [3.8, 4) is 5.69 Å². The standard InChI is InChI=1S/C27H31N5O2S/c1-18-24(26(34)32(30(18)3)21-14-8-5-9-15-21)29-25(33)19(2)35-27-28-22-16-10-11-17-23(22)31(27)20-12-6-4-7-13-20/h5,8-11,14-17,19-20H,4,6-7,12-13H2,1-3H3,(H,29,33). The Kier molecular flexibility index (Phi) is 6.56. The van der Waals surface area contributed by atoms with Gasteiger partial charge in [0.2, 0.25) is 5.91 Å². The maximum atomic E-state index is 13.3. The highest BCUT2D eigenvalue weighted by Crippen LogP contribution is 2.36. The van der Waals surface area contributed by atoms with E-state index in [1.807, 2.05) is 69.4 Å². The average Bonchev–Trinajstić information content (AvgIpc) is 3.34. The number of anilines is 1. The van der Waals surface area contributed by atoms with Crippen LogP contribution >= 0.6 is 11.8 Å². The maximum Gasteiger partial charge on any atom is 0.295 e. The van der Waals surface area contributed by atoms with E-state index in [2.05, 4.69) is 16.0 Å². The van der Waals surface area contributed by atoms with Gasteiger partial charge >= 0.3 is 0 Å². The molecule has 0 spiro atoms. The Bertz CT molecular complexity index is 1410. The van der Waals surface area contributed by atoms with E-state index < -0.39 is 5.25 Å². The molecule has 1 aliphatic rings. The van der Waals surface area contributed by atoms with Crippen molar-refractivity contribution in [2.45, 2.75) is 62.4 Å². The third kappa shape index (κ3) is 4.43. The fourth-order valence-electron chi connectivity index (χ4n) is 4.95. The number of benzene rings is 2. The summed E-state index contributed by atoms with van der Waals surface area (Å²) in [5.41, 5.74) is 3.62. The summed E-state index contributed by atoms with van der Waals surface area (Å²) >= 11 is 1.46. The van der Waals surface area contributed by atoms with Gasteiger partial charge in [0.15, 0.2) is 5.16 Å². The molecule has 1 unspecified atom stereocenters. The number of rotatable bonds is 6. The van der Waals surface area contributed by atoms with Crippen LogP contribution in [-0.2, 0) is 11.8 Å². The lowest BCUT2D eigenvalue weighted by Crippen LogP contribution is -2.27. The van der Waals surface area contributed by atoms with Crippen molar-refractivity contribution < 1.29 is 4.79 Å². The number of hydrogen-bond donors (Lipinski definition) is 1. The second-order valence-electron chi connectivity index (χ2n) is 9.23. The number of hydrogen-bond acceptors (Lipinski definition) is 4. The first-order chi connectivity index (χ1) is 17.0. The Morgan fingerprint density at radius 2 is 1.74 bits per heavy atom. The molecule has 0 saturated heterocycles. The van der Waals surface area contributed by atoms with Crippen molar-refractivity contribution in [3.05, 3.63) is 70.6 Å². The SMILES string of the molecule is Cc1c(NC(=O)C(C)Sc2nc3ccccc3n2C2CCCCC2)c(=O)n(-c2ccccc2)n1C. The van der Waals surface area contributed by atoms with Crippen molar-refractivity contribution in [3.63, 3.8) is 0 Å². The van der Waals surface area contributed by atoms with Crippen LogP contribution in [-0.4, -0.2) is 30.1 Å². The minimum atomic E-state index is -0.418. The van der Waals surface area contributed by atoms with Crippen LogP contribution in [0.1, 0.15) is 50.8 Å². The number of carbonyl (C=O) groups excluding carboxylic acids is 1. The fourth-order valence-corrected chi connectivity index (χ4v) is 5.94. The molecular weight excluding hydrogens is 458 g/mol. The van der Waals surface area contributed by atoms with Crippen molar-refractivity contribution in [2.75, 3.05) is 5.32 Å². The van der Waals surface area contributed by atoms with Gasteiger partial charge in [0.05, 0.1) is 27.7 Å². The number of para-hydroxylation sites is 3. The normalized spacial score (nSPS) is 15.4. The molecule has 1 amide bonds. The van der Waals surface area contributed by atoms with Gasteiger partial charge in [-0.1, -0.05) is 61.4 Å². The summed E-state index contributed by atoms with van der Waals surface area (Å²) in [5.74, 6) is -0.205. The molecule has 35 heavy (non-hydrogen) atoms. The summed E-state index contributed by atoms with van der Waals surface area (Å²) in [6.07, 6.45) is 5.99. The molecule has 8 heteroatoms. The number of thioether (sulfide) groups is 1. The van der Waals surface area contributed by atoms with Gasteiger partial charge < -0.3 is 9.88 Å². The second-order valence-corrected chi connectivity index (χ2v) is 10.5. The minimum Gasteiger partial charge on any atom is -0.319 e. The average molecular weight is 490 g/mol. The number of nitrogens with one attached hydrogen (secondary N) is 1. The Morgan fingerprint density at radius 1 is 1.06 bits per heavy atom. The molecule has 2 heterocycles. The summed E-state index contributed by atoms with van der Waals surface area (Å²) in [6.45, 7) is 3.72. The lowest BCUT2D eigenvalue weighted by Gasteiger charge is -2.25. The van der Waals surface area contributed by atoms with Crippen molar-refractivity contribution in [1.82, 2.24) is 18.9 Å². The number of carbonyl (C=O) groups is 1. The molecule has 5 rings (SSSR count). The van der Waals surface area contributed by atoms with Gasteiger partial charge in [-0.25, -0.2) is 9.67 Å². The lowest BCUT2D eigenvalue weighted by atomic mass is 9.95. The predicted octanol–water partition coefficient (Wildman–Crippen LogP) is 5.46. The molecule has 0 aliphatic heterocycles. The van der Waals surface area contributed by atoms with Crippen LogP contribution in [0.3, 0.4) is 0 Å². The van der Waals surface area contributed by atoms with E-state index >= 15 is 0 Å². The number of aromatic nitrogens is 4. The van der Waals surface area contributed by atoms with E-state index in [-0.39, 0.29) is 11.5 Å². The molecule has 1 saturated carbocycles. The third-order valence-electron chi connectivity index (χ3n) is 6.96. The summed E-state index contributed by atoms with van der Waals surface area (Å²) < 4.78 is 5.68. The van der Waals surface area contributed by atoms with Gasteiger partial charge in [-0.3, -0.25) is 14.3 Å². The van der Waals surface area contributed by atoms with E-state index in [9.17, 15) is 9.59 Å². The third-order valence-corrected chi connectivity index (χ3v) is 8.02. The monoisotopic (exact) mass is 489 g/mol. The van der Waals surface area contributed by atoms with Crippen molar-refractivity contribution in [2.24, 2.45) is 7.05 Å². The number of nitrogens with zero attached hydrogens (tertiary/aromatic N) is 4. The van der Waals surface area contributed by atoms with Gasteiger partial charge in [0.25, 0.3) is 5.56 Å². The van der Waals surface area contributed by atoms with Gasteiger partial charge in [-0.2, -0.15) is 0 Å². The van der Waals surface area contributed by atoms with Crippen LogP contribution in [0.5, 0.6) is 0 Å². The second kappa shape index (κ2) is 9.77. The molecule has 0 radical (unpaired) electrons. The zero-order valence-electron chi connectivity index (χ0n) is 20.4. The van der Waals surface area contributed by atoms with Gasteiger partial charge in [-0.15, -0.1) is 0 Å². The largest absolute Gasteiger partial charge is 0.319 e. The number of fused-ring (bicyclic) bond motifs is 1. The molecule has 0 bridgehead atoms. The number of imidazole rings is 1. The van der Waals surface area contributed by atoms with Crippen LogP contribution in [0.2, 0.25) is 0 Å². The lowest BCUT2D eigenvalue weighted by molar-refractivity contribution is -0.115. The van der Waals surface area contributed by atoms with E-state index in [4.69, 9.17) is 4.98 Å². The first-order valence-corrected chi connectivity index (χ1v) is 13.1. The Morgan fingerprint density at radius 3 is 2.49 bits per heavy atom. The molecule has 182 valence electrons. The summed E-state index contributed by atoms with van der Waals surface area (Å²) in [6, 6.07) is 18.0. The van der Waals surface area contributed by atoms with Crippen LogP contribution in [0.4, 0.5) is 5.69 Å². The summed E-state index contributed by atoms with van der Waals surface area (Å²) in [4.78, 5) is 31.4. The highest BCUT2D eigenvalue weighted by atomic mass is 32.2. The van der Waals surface area contributed by atoms with E-state index in [0.717, 1.165) is 34.7 Å². The first-order valence-electron chi connectivity index (χ1n) is 12.2. The molecule has 1 N–H and O–H groups in total. The Balaban J connectivity index is 1.41. The van der Waals surface area contributed by atoms with E-state index in [1.54, 1.807) is 9.36 Å². The molecule has 2 aromatic carbocycles. The Labute approximate surface area is 209 Å². The van der Waals surface area contributed by atoms with Crippen LogP contribution in [0.15, 0.2) is 64.5 Å². The molecule has 7 nitrogen and oxygen atoms in total. The van der Waals surface area contributed by atoms with Crippen LogP contribution in [0.25, 0.3) is 16.7 Å². The van der Waals surface area contributed by atoms with Gasteiger partial charge in [0.1, 0.15) is 5.69 Å². The summed E-state index contributed by atoms with van der Waals surface area (Å²) in [5, 5.41) is 3.36. The molecule has 4 aromatic rings. The molecule has 1 aliphatic carbocycles. The predicted molar refractivity (Wildman–Crippen MR) is 142 cm³/mol. The van der Waals surface area contributed by atoms with Crippen LogP contribution in [0, 0.1) is 6.92 Å². The topological polar surface area (TPSA) is 73.8 Å². The van der Waals surface area contributed by atoms with Crippen molar-refractivity contribution in [1.29, 1.82) is 0 Å².